The van der Waals surface area contributed by atoms with Crippen molar-refractivity contribution >= 4 is 21.6 Å². The van der Waals surface area contributed by atoms with Gasteiger partial charge in [-0.1, -0.05) is 24.3 Å². The first-order valence-corrected chi connectivity index (χ1v) is 9.66. The summed E-state index contributed by atoms with van der Waals surface area (Å²) in [4.78, 5) is 24.8. The minimum Gasteiger partial charge on any atom is -0.422 e. The molecular formula is C21H11NO5S. The third-order valence-electron chi connectivity index (χ3n) is 4.38. The predicted molar refractivity (Wildman–Crippen MR) is 97.9 cm³/mol. The van der Waals surface area contributed by atoms with Crippen molar-refractivity contribution in [2.45, 2.75) is 9.79 Å². The molecule has 0 saturated heterocycles. The summed E-state index contributed by atoms with van der Waals surface area (Å²) in [6.45, 7) is 0. The third kappa shape index (κ3) is 2.68. The van der Waals surface area contributed by atoms with Crippen molar-refractivity contribution in [2.24, 2.45) is 0 Å². The van der Waals surface area contributed by atoms with E-state index in [4.69, 9.17) is 10.00 Å². The molecule has 0 amide bonds. The second kappa shape index (κ2) is 6.44. The van der Waals surface area contributed by atoms with Gasteiger partial charge in [-0.3, -0.25) is 4.79 Å². The fourth-order valence-electron chi connectivity index (χ4n) is 3.02. The normalized spacial score (nSPS) is 13.8. The summed E-state index contributed by atoms with van der Waals surface area (Å²) in [5.41, 5.74) is 0.244. The van der Waals surface area contributed by atoms with Crippen molar-refractivity contribution in [3.8, 4) is 11.8 Å². The number of benzene rings is 3. The molecule has 0 fully saturated rings. The second-order valence-electron chi connectivity index (χ2n) is 6.04. The van der Waals surface area contributed by atoms with E-state index in [1.807, 2.05) is 6.07 Å². The van der Waals surface area contributed by atoms with Crippen molar-refractivity contribution in [1.29, 1.82) is 5.26 Å². The highest BCUT2D eigenvalue weighted by atomic mass is 32.2. The Morgan fingerprint density at radius 2 is 1.57 bits per heavy atom. The van der Waals surface area contributed by atoms with E-state index in [0.717, 1.165) is 6.07 Å². The maximum absolute atomic E-state index is 12.9. The first-order valence-electron chi connectivity index (χ1n) is 8.17. The lowest BCUT2D eigenvalue weighted by atomic mass is 10.0. The van der Waals surface area contributed by atoms with Gasteiger partial charge in [0.25, 0.3) is 0 Å². The van der Waals surface area contributed by atoms with E-state index in [9.17, 15) is 18.0 Å². The van der Waals surface area contributed by atoms with Gasteiger partial charge in [-0.15, -0.1) is 0 Å². The Morgan fingerprint density at radius 3 is 2.36 bits per heavy atom. The van der Waals surface area contributed by atoms with Crippen LogP contribution in [0.1, 0.15) is 31.8 Å². The van der Waals surface area contributed by atoms with Crippen molar-refractivity contribution in [1.82, 2.24) is 0 Å². The summed E-state index contributed by atoms with van der Waals surface area (Å²) in [6, 6.07) is 17.8. The first-order chi connectivity index (χ1) is 13.4. The van der Waals surface area contributed by atoms with E-state index >= 15 is 0 Å². The van der Waals surface area contributed by atoms with Crippen LogP contribution in [0, 0.1) is 11.3 Å². The standard InChI is InChI=1S/C21H11NO5S/c22-12-14-5-1-3-7-17(14)27-21(24)13-9-10-16-19(11-13)28(25,26)18-8-4-2-6-15(18)20(16)23/h1-11H. The molecule has 3 aromatic rings. The van der Waals surface area contributed by atoms with E-state index < -0.39 is 21.6 Å². The molecule has 136 valence electrons. The molecule has 0 radical (unpaired) electrons. The quantitative estimate of drug-likeness (QED) is 0.386. The van der Waals surface area contributed by atoms with Gasteiger partial charge >= 0.3 is 5.97 Å². The second-order valence-corrected chi connectivity index (χ2v) is 7.92. The fourth-order valence-corrected chi connectivity index (χ4v) is 4.70. The van der Waals surface area contributed by atoms with Crippen molar-refractivity contribution in [3.63, 3.8) is 0 Å². The Morgan fingerprint density at radius 1 is 0.893 bits per heavy atom. The molecule has 0 atom stereocenters. The van der Waals surface area contributed by atoms with E-state index in [2.05, 4.69) is 0 Å². The molecule has 0 unspecified atom stereocenters. The molecule has 28 heavy (non-hydrogen) atoms. The van der Waals surface area contributed by atoms with E-state index in [1.54, 1.807) is 18.2 Å². The smallest absolute Gasteiger partial charge is 0.343 e. The summed E-state index contributed by atoms with van der Waals surface area (Å²) in [6.07, 6.45) is 0. The summed E-state index contributed by atoms with van der Waals surface area (Å²) in [5.74, 6) is -1.18. The van der Waals surface area contributed by atoms with Crippen LogP contribution >= 0.6 is 0 Å². The number of para-hydroxylation sites is 1. The minimum absolute atomic E-state index is 0.00711. The van der Waals surface area contributed by atoms with E-state index in [1.165, 1.54) is 42.5 Å². The topological polar surface area (TPSA) is 101 Å². The molecule has 1 heterocycles. The summed E-state index contributed by atoms with van der Waals surface area (Å²) in [5, 5.41) is 9.09. The summed E-state index contributed by atoms with van der Waals surface area (Å²) < 4.78 is 31.1. The van der Waals surface area contributed by atoms with Gasteiger partial charge in [0.05, 0.1) is 20.9 Å². The molecule has 0 saturated carbocycles. The van der Waals surface area contributed by atoms with Crippen molar-refractivity contribution in [2.75, 3.05) is 0 Å². The molecule has 0 N–H and O–H groups in total. The third-order valence-corrected chi connectivity index (χ3v) is 6.23. The van der Waals surface area contributed by atoms with Crippen LogP contribution in [0.25, 0.3) is 0 Å². The Hall–Kier alpha value is -3.76. The molecule has 0 bridgehead atoms. The van der Waals surface area contributed by atoms with Gasteiger partial charge < -0.3 is 4.74 Å². The number of nitrogens with zero attached hydrogens (tertiary/aromatic N) is 1. The van der Waals surface area contributed by atoms with Crippen LogP contribution in [0.5, 0.6) is 5.75 Å². The average molecular weight is 389 g/mol. The van der Waals surface area contributed by atoms with E-state index in [0.29, 0.717) is 0 Å². The van der Waals surface area contributed by atoms with Crippen LogP contribution in [0.2, 0.25) is 0 Å². The molecule has 4 rings (SSSR count). The number of nitriles is 1. The van der Waals surface area contributed by atoms with Gasteiger partial charge in [-0.25, -0.2) is 13.2 Å². The van der Waals surface area contributed by atoms with Crippen LogP contribution in [-0.4, -0.2) is 20.2 Å². The first kappa shape index (κ1) is 17.6. The highest BCUT2D eigenvalue weighted by molar-refractivity contribution is 7.91. The molecule has 0 aromatic heterocycles. The molecule has 3 aromatic carbocycles. The summed E-state index contributed by atoms with van der Waals surface area (Å²) in [7, 11) is -3.96. The zero-order valence-electron chi connectivity index (χ0n) is 14.2. The van der Waals surface area contributed by atoms with Gasteiger partial charge in [-0.2, -0.15) is 5.26 Å². The van der Waals surface area contributed by atoms with Gasteiger partial charge in [0.2, 0.25) is 9.84 Å². The lowest BCUT2D eigenvalue weighted by molar-refractivity contribution is 0.0733. The number of hydrogen-bond acceptors (Lipinski definition) is 6. The molecule has 0 aliphatic carbocycles. The van der Waals surface area contributed by atoms with Crippen LogP contribution < -0.4 is 4.74 Å². The number of fused-ring (bicyclic) bond motifs is 2. The number of rotatable bonds is 2. The Kier molecular flexibility index (Phi) is 4.06. The molecule has 6 nitrogen and oxygen atoms in total. The maximum Gasteiger partial charge on any atom is 0.343 e. The number of esters is 1. The Bertz CT molecular complexity index is 1300. The lowest BCUT2D eigenvalue weighted by Gasteiger charge is -2.19. The number of sulfone groups is 1. The highest BCUT2D eigenvalue weighted by Gasteiger charge is 2.35. The largest absolute Gasteiger partial charge is 0.422 e. The number of carbonyl (C=O) groups is 2. The van der Waals surface area contributed by atoms with E-state index in [-0.39, 0.29) is 37.8 Å². The molecule has 1 aliphatic rings. The monoisotopic (exact) mass is 389 g/mol. The Balaban J connectivity index is 1.77. The predicted octanol–water partition coefficient (Wildman–Crippen LogP) is 3.15. The summed E-state index contributed by atoms with van der Waals surface area (Å²) >= 11 is 0. The molecule has 1 aliphatic heterocycles. The number of ketones is 1. The van der Waals surface area contributed by atoms with Crippen LogP contribution in [0.4, 0.5) is 0 Å². The SMILES string of the molecule is N#Cc1ccccc1OC(=O)c1ccc2c(c1)S(=O)(=O)c1ccccc1C2=O. The van der Waals surface area contributed by atoms with Crippen LogP contribution in [-0.2, 0) is 9.84 Å². The van der Waals surface area contributed by atoms with Gasteiger partial charge in [0.15, 0.2) is 5.78 Å². The Labute approximate surface area is 160 Å². The molecule has 7 heteroatoms. The molecular weight excluding hydrogens is 378 g/mol. The van der Waals surface area contributed by atoms with Crippen LogP contribution in [0.15, 0.2) is 76.5 Å². The van der Waals surface area contributed by atoms with Gasteiger partial charge in [0.1, 0.15) is 11.8 Å². The minimum atomic E-state index is -3.96. The highest BCUT2D eigenvalue weighted by Crippen LogP contribution is 2.35. The maximum atomic E-state index is 12.9. The number of ether oxygens (including phenoxy) is 1. The lowest BCUT2D eigenvalue weighted by Crippen LogP contribution is -2.21. The number of hydrogen-bond donors (Lipinski definition) is 0. The van der Waals surface area contributed by atoms with Gasteiger partial charge in [-0.05, 0) is 42.5 Å². The number of carbonyl (C=O) groups excluding carboxylic acids is 2. The molecule has 0 spiro atoms. The zero-order chi connectivity index (χ0) is 19.9. The fraction of sp³-hybridized carbons (Fsp3) is 0. The average Bonchev–Trinajstić information content (AvgIpc) is 2.72. The van der Waals surface area contributed by atoms with Crippen LogP contribution in [0.3, 0.4) is 0 Å². The van der Waals surface area contributed by atoms with Crippen molar-refractivity contribution < 1.29 is 22.7 Å². The zero-order valence-corrected chi connectivity index (χ0v) is 15.1. The van der Waals surface area contributed by atoms with Crippen molar-refractivity contribution in [3.05, 3.63) is 89.0 Å². The van der Waals surface area contributed by atoms with Gasteiger partial charge in [0, 0.05) is 11.1 Å².